The van der Waals surface area contributed by atoms with Crippen LogP contribution < -0.4 is 10.2 Å². The van der Waals surface area contributed by atoms with Crippen molar-refractivity contribution in [2.24, 2.45) is 5.92 Å². The van der Waals surface area contributed by atoms with Gasteiger partial charge in [0.05, 0.1) is 12.0 Å². The smallest absolute Gasteiger partial charge is 0.225 e. The topological polar surface area (TPSA) is 35.6 Å². The zero-order valence-electron chi connectivity index (χ0n) is 18.1. The second-order valence-electron chi connectivity index (χ2n) is 8.77. The predicted octanol–water partition coefficient (Wildman–Crippen LogP) is 4.01. The summed E-state index contributed by atoms with van der Waals surface area (Å²) in [6.07, 6.45) is 0.742. The number of benzene rings is 3. The summed E-state index contributed by atoms with van der Waals surface area (Å²) in [5.74, 6) is -0.315. The zero-order valence-corrected chi connectivity index (χ0v) is 18.1. The molecule has 2 aliphatic rings. The molecular formula is C27H28FN3O. The highest BCUT2D eigenvalue weighted by Gasteiger charge is 2.41. The minimum Gasteiger partial charge on any atom is -0.365 e. The van der Waals surface area contributed by atoms with E-state index in [1.807, 2.05) is 6.07 Å². The van der Waals surface area contributed by atoms with Crippen molar-refractivity contribution in [1.82, 2.24) is 10.2 Å². The van der Waals surface area contributed by atoms with Crippen molar-refractivity contribution in [3.8, 4) is 0 Å². The van der Waals surface area contributed by atoms with E-state index in [-0.39, 0.29) is 23.7 Å². The third-order valence-corrected chi connectivity index (χ3v) is 6.67. The van der Waals surface area contributed by atoms with Crippen LogP contribution in [0.25, 0.3) is 0 Å². The number of hydrogen-bond acceptors (Lipinski definition) is 3. The molecule has 4 nitrogen and oxygen atoms in total. The van der Waals surface area contributed by atoms with Crippen LogP contribution in [-0.2, 0) is 24.3 Å². The second-order valence-corrected chi connectivity index (χ2v) is 8.77. The Kier molecular flexibility index (Phi) is 5.91. The fourth-order valence-electron chi connectivity index (χ4n) is 5.02. The molecule has 164 valence electrons. The van der Waals surface area contributed by atoms with E-state index >= 15 is 0 Å². The second kappa shape index (κ2) is 9.13. The number of nitrogens with one attached hydrogen (secondary N) is 1. The van der Waals surface area contributed by atoms with E-state index in [0.29, 0.717) is 6.54 Å². The molecule has 1 N–H and O–H groups in total. The number of halogens is 1. The van der Waals surface area contributed by atoms with Gasteiger partial charge in [0, 0.05) is 38.4 Å². The van der Waals surface area contributed by atoms with Crippen molar-refractivity contribution < 1.29 is 9.18 Å². The lowest BCUT2D eigenvalue weighted by Crippen LogP contribution is -2.60. The van der Waals surface area contributed by atoms with E-state index in [0.717, 1.165) is 38.2 Å². The van der Waals surface area contributed by atoms with Crippen molar-refractivity contribution in [2.45, 2.75) is 25.6 Å². The summed E-state index contributed by atoms with van der Waals surface area (Å²) in [5.41, 5.74) is 4.71. The molecule has 2 heterocycles. The third-order valence-electron chi connectivity index (χ3n) is 6.67. The van der Waals surface area contributed by atoms with E-state index in [1.165, 1.54) is 28.9 Å². The van der Waals surface area contributed by atoms with Crippen molar-refractivity contribution in [1.29, 1.82) is 0 Å². The minimum atomic E-state index is -0.264. The van der Waals surface area contributed by atoms with Crippen LogP contribution in [0.1, 0.15) is 16.7 Å². The molecule has 5 heteroatoms. The minimum absolute atomic E-state index is 0.0698. The van der Waals surface area contributed by atoms with Crippen LogP contribution in [0, 0.1) is 11.7 Å². The van der Waals surface area contributed by atoms with Crippen LogP contribution in [0.3, 0.4) is 0 Å². The summed E-state index contributed by atoms with van der Waals surface area (Å²) in [6.45, 7) is 4.06. The molecular weight excluding hydrogens is 401 g/mol. The lowest BCUT2D eigenvalue weighted by Gasteiger charge is -2.49. The van der Waals surface area contributed by atoms with Gasteiger partial charge in [-0.2, -0.15) is 0 Å². The van der Waals surface area contributed by atoms with Gasteiger partial charge in [-0.1, -0.05) is 60.7 Å². The normalized spacial score (nSPS) is 20.3. The average Bonchev–Trinajstić information content (AvgIpc) is 2.83. The lowest BCUT2D eigenvalue weighted by molar-refractivity contribution is -0.126. The molecule has 1 saturated heterocycles. The van der Waals surface area contributed by atoms with Crippen LogP contribution in [0.15, 0.2) is 78.9 Å². The number of anilines is 1. The van der Waals surface area contributed by atoms with Gasteiger partial charge < -0.3 is 10.2 Å². The molecule has 0 bridgehead atoms. The first-order valence-electron chi connectivity index (χ1n) is 11.3. The molecule has 1 fully saturated rings. The van der Waals surface area contributed by atoms with Gasteiger partial charge in [-0.25, -0.2) is 4.39 Å². The number of rotatable bonds is 5. The van der Waals surface area contributed by atoms with Crippen LogP contribution >= 0.6 is 0 Å². The summed E-state index contributed by atoms with van der Waals surface area (Å²) in [6, 6.07) is 25.4. The molecule has 0 aromatic heterocycles. The van der Waals surface area contributed by atoms with E-state index < -0.39 is 0 Å². The van der Waals surface area contributed by atoms with E-state index in [2.05, 4.69) is 63.6 Å². The molecule has 3 aromatic carbocycles. The zero-order chi connectivity index (χ0) is 21.9. The number of nitrogens with zero attached hydrogens (tertiary/aromatic N) is 2. The predicted molar refractivity (Wildman–Crippen MR) is 125 cm³/mol. The van der Waals surface area contributed by atoms with Gasteiger partial charge in [-0.05, 0) is 41.3 Å². The number of amides is 1. The monoisotopic (exact) mass is 429 g/mol. The summed E-state index contributed by atoms with van der Waals surface area (Å²) in [4.78, 5) is 18.2. The quantitative estimate of drug-likeness (QED) is 0.666. The largest absolute Gasteiger partial charge is 0.365 e. The Labute approximate surface area is 188 Å². The summed E-state index contributed by atoms with van der Waals surface area (Å²) < 4.78 is 13.2. The number of hydrogen-bond donors (Lipinski definition) is 1. The van der Waals surface area contributed by atoms with Gasteiger partial charge in [-0.15, -0.1) is 0 Å². The Morgan fingerprint density at radius 3 is 2.47 bits per heavy atom. The van der Waals surface area contributed by atoms with Gasteiger partial charge in [0.2, 0.25) is 5.91 Å². The lowest BCUT2D eigenvalue weighted by atomic mass is 9.83. The van der Waals surface area contributed by atoms with Crippen molar-refractivity contribution in [3.05, 3.63) is 101 Å². The molecule has 1 amide bonds. The standard InChI is InChI=1S/C27H28FN3O/c28-23-12-10-20(11-13-23)17-29-27(32)24-16-22-8-4-5-9-25(22)31-15-14-30(19-26(24)31)18-21-6-2-1-3-7-21/h1-13,24,26H,14-19H2,(H,29,32)/t24-,26-/m0/s1. The third kappa shape index (κ3) is 4.39. The molecule has 0 saturated carbocycles. The summed E-state index contributed by atoms with van der Waals surface area (Å²) >= 11 is 0. The van der Waals surface area contributed by atoms with Crippen LogP contribution in [0.5, 0.6) is 0 Å². The highest BCUT2D eigenvalue weighted by atomic mass is 19.1. The molecule has 0 spiro atoms. The molecule has 3 aromatic rings. The van der Waals surface area contributed by atoms with Gasteiger partial charge in [0.1, 0.15) is 5.82 Å². The fraction of sp³-hybridized carbons (Fsp3) is 0.296. The van der Waals surface area contributed by atoms with Crippen LogP contribution in [-0.4, -0.2) is 36.5 Å². The van der Waals surface area contributed by atoms with Gasteiger partial charge in [0.25, 0.3) is 0 Å². The first-order chi connectivity index (χ1) is 15.7. The average molecular weight is 430 g/mol. The Morgan fingerprint density at radius 2 is 1.66 bits per heavy atom. The van der Waals surface area contributed by atoms with E-state index in [1.54, 1.807) is 12.1 Å². The van der Waals surface area contributed by atoms with E-state index in [4.69, 9.17) is 0 Å². The van der Waals surface area contributed by atoms with Crippen molar-refractivity contribution >= 4 is 11.6 Å². The molecule has 32 heavy (non-hydrogen) atoms. The fourth-order valence-corrected chi connectivity index (χ4v) is 5.02. The molecule has 2 atom stereocenters. The number of carbonyl (C=O) groups excluding carboxylic acids is 1. The summed E-state index contributed by atoms with van der Waals surface area (Å²) in [5, 5.41) is 3.11. The van der Waals surface area contributed by atoms with Crippen molar-refractivity contribution in [3.63, 3.8) is 0 Å². The number of para-hydroxylation sites is 1. The molecule has 2 aliphatic heterocycles. The van der Waals surface area contributed by atoms with Crippen LogP contribution in [0.2, 0.25) is 0 Å². The van der Waals surface area contributed by atoms with Gasteiger partial charge >= 0.3 is 0 Å². The Hall–Kier alpha value is -3.18. The molecule has 0 aliphatic carbocycles. The maximum absolute atomic E-state index is 13.3. The van der Waals surface area contributed by atoms with Gasteiger partial charge in [-0.3, -0.25) is 9.69 Å². The molecule has 0 unspecified atom stereocenters. The highest BCUT2D eigenvalue weighted by Crippen LogP contribution is 2.36. The Bertz CT molecular complexity index is 1070. The van der Waals surface area contributed by atoms with Crippen LogP contribution in [0.4, 0.5) is 10.1 Å². The van der Waals surface area contributed by atoms with Crippen molar-refractivity contribution in [2.75, 3.05) is 24.5 Å². The Balaban J connectivity index is 1.34. The Morgan fingerprint density at radius 1 is 0.906 bits per heavy atom. The maximum Gasteiger partial charge on any atom is 0.225 e. The van der Waals surface area contributed by atoms with E-state index in [9.17, 15) is 9.18 Å². The SMILES string of the molecule is O=C(NCc1ccc(F)cc1)[C@H]1Cc2ccccc2N2CCN(Cc3ccccc3)C[C@@H]12. The summed E-state index contributed by atoms with van der Waals surface area (Å²) in [7, 11) is 0. The maximum atomic E-state index is 13.3. The number of carbonyl (C=O) groups is 1. The number of fused-ring (bicyclic) bond motifs is 3. The first-order valence-corrected chi connectivity index (χ1v) is 11.3. The number of piperazine rings is 1. The van der Waals surface area contributed by atoms with Gasteiger partial charge in [0.15, 0.2) is 0 Å². The molecule has 0 radical (unpaired) electrons. The first kappa shape index (κ1) is 20.7. The highest BCUT2D eigenvalue weighted by molar-refractivity contribution is 5.82. The molecule has 5 rings (SSSR count).